The first kappa shape index (κ1) is 10.9. The number of fused-ring (bicyclic) bond motifs is 1. The molecule has 0 saturated heterocycles. The van der Waals surface area contributed by atoms with Gasteiger partial charge in [0.2, 0.25) is 0 Å². The number of benzene rings is 1. The smallest absolute Gasteiger partial charge is 0.141 e. The minimum Gasteiger partial charge on any atom is -0.496 e. The molecule has 92 valence electrons. The Morgan fingerprint density at radius 3 is 2.78 bits per heavy atom. The second kappa shape index (κ2) is 3.91. The molecule has 2 heterocycles. The molecule has 0 atom stereocenters. The molecular formula is C14H14N2O2. The van der Waals surface area contributed by atoms with Crippen molar-refractivity contribution in [1.82, 2.24) is 10.1 Å². The van der Waals surface area contributed by atoms with Crippen molar-refractivity contribution < 1.29 is 9.26 Å². The molecule has 0 fully saturated rings. The van der Waals surface area contributed by atoms with Crippen molar-refractivity contribution in [1.29, 1.82) is 0 Å². The first-order valence-corrected chi connectivity index (χ1v) is 5.79. The van der Waals surface area contributed by atoms with E-state index in [1.54, 1.807) is 7.11 Å². The summed E-state index contributed by atoms with van der Waals surface area (Å²) in [7, 11) is 1.68. The summed E-state index contributed by atoms with van der Waals surface area (Å²) in [6.07, 6.45) is 1.92. The Morgan fingerprint density at radius 1 is 1.28 bits per heavy atom. The molecule has 0 aliphatic rings. The molecule has 0 aliphatic carbocycles. The first-order valence-electron chi connectivity index (χ1n) is 5.79. The largest absolute Gasteiger partial charge is 0.496 e. The van der Waals surface area contributed by atoms with Crippen molar-refractivity contribution in [3.63, 3.8) is 0 Å². The van der Waals surface area contributed by atoms with Crippen LogP contribution in [-0.4, -0.2) is 17.3 Å². The highest BCUT2D eigenvalue weighted by atomic mass is 16.5. The van der Waals surface area contributed by atoms with E-state index in [4.69, 9.17) is 9.26 Å². The Bertz CT molecular complexity index is 690. The minimum atomic E-state index is 0.803. The van der Waals surface area contributed by atoms with Crippen LogP contribution in [0.1, 0.15) is 11.5 Å². The summed E-state index contributed by atoms with van der Waals surface area (Å²) >= 11 is 0. The SMILES string of the molecule is COc1cc2cc[nH]c2cc1-c1c(C)noc1C. The topological polar surface area (TPSA) is 51.0 Å². The summed E-state index contributed by atoms with van der Waals surface area (Å²) in [5.74, 6) is 1.63. The molecule has 0 unspecified atom stereocenters. The van der Waals surface area contributed by atoms with Gasteiger partial charge in [-0.25, -0.2) is 0 Å². The fourth-order valence-corrected chi connectivity index (χ4v) is 2.31. The standard InChI is InChI=1S/C14H14N2O2/c1-8-14(9(2)18-16-8)11-7-12-10(4-5-15-12)6-13(11)17-3/h4-7,15H,1-3H3. The average Bonchev–Trinajstić information content (AvgIpc) is 2.94. The van der Waals surface area contributed by atoms with Crippen LogP contribution in [-0.2, 0) is 0 Å². The summed E-state index contributed by atoms with van der Waals surface area (Å²) in [4.78, 5) is 3.21. The van der Waals surface area contributed by atoms with Crippen molar-refractivity contribution in [2.45, 2.75) is 13.8 Å². The second-order valence-electron chi connectivity index (χ2n) is 4.32. The maximum absolute atomic E-state index is 5.47. The van der Waals surface area contributed by atoms with E-state index < -0.39 is 0 Å². The quantitative estimate of drug-likeness (QED) is 0.748. The highest BCUT2D eigenvalue weighted by molar-refractivity contribution is 5.89. The number of hydrogen-bond acceptors (Lipinski definition) is 3. The number of aromatic amines is 1. The average molecular weight is 242 g/mol. The highest BCUT2D eigenvalue weighted by Gasteiger charge is 2.16. The van der Waals surface area contributed by atoms with Crippen molar-refractivity contribution >= 4 is 10.9 Å². The molecule has 0 radical (unpaired) electrons. The van der Waals surface area contributed by atoms with Crippen LogP contribution in [0.15, 0.2) is 28.9 Å². The molecule has 2 aromatic heterocycles. The van der Waals surface area contributed by atoms with E-state index in [-0.39, 0.29) is 0 Å². The van der Waals surface area contributed by atoms with Gasteiger partial charge in [0, 0.05) is 22.7 Å². The maximum atomic E-state index is 5.47. The molecule has 4 nitrogen and oxygen atoms in total. The van der Waals surface area contributed by atoms with Gasteiger partial charge in [-0.15, -0.1) is 0 Å². The van der Waals surface area contributed by atoms with Gasteiger partial charge in [-0.2, -0.15) is 0 Å². The van der Waals surface area contributed by atoms with Gasteiger partial charge in [0.05, 0.1) is 18.4 Å². The van der Waals surface area contributed by atoms with Gasteiger partial charge in [-0.1, -0.05) is 5.16 Å². The summed E-state index contributed by atoms with van der Waals surface area (Å²) in [6, 6.07) is 6.11. The van der Waals surface area contributed by atoms with Crippen LogP contribution in [0.3, 0.4) is 0 Å². The number of aromatic nitrogens is 2. The van der Waals surface area contributed by atoms with Crippen LogP contribution in [0.2, 0.25) is 0 Å². The lowest BCUT2D eigenvalue weighted by atomic mass is 10.0. The number of methoxy groups -OCH3 is 1. The number of H-pyrrole nitrogens is 1. The Balaban J connectivity index is 2.33. The molecule has 0 bridgehead atoms. The van der Waals surface area contributed by atoms with E-state index in [1.807, 2.05) is 32.2 Å². The van der Waals surface area contributed by atoms with Gasteiger partial charge in [0.25, 0.3) is 0 Å². The maximum Gasteiger partial charge on any atom is 0.141 e. The van der Waals surface area contributed by atoms with E-state index in [1.165, 1.54) is 0 Å². The zero-order valence-corrected chi connectivity index (χ0v) is 10.6. The van der Waals surface area contributed by atoms with E-state index >= 15 is 0 Å². The number of nitrogens with one attached hydrogen (secondary N) is 1. The number of ether oxygens (including phenoxy) is 1. The predicted molar refractivity (Wildman–Crippen MR) is 69.8 cm³/mol. The molecule has 0 amide bonds. The highest BCUT2D eigenvalue weighted by Crippen LogP contribution is 2.37. The van der Waals surface area contributed by atoms with E-state index in [0.717, 1.165) is 39.2 Å². The normalized spacial score (nSPS) is 11.1. The van der Waals surface area contributed by atoms with Crippen molar-refractivity contribution in [2.24, 2.45) is 0 Å². The molecule has 1 N–H and O–H groups in total. The van der Waals surface area contributed by atoms with Gasteiger partial charge in [0.1, 0.15) is 11.5 Å². The number of rotatable bonds is 2. The fraction of sp³-hybridized carbons (Fsp3) is 0.214. The summed E-state index contributed by atoms with van der Waals surface area (Å²) in [5, 5.41) is 5.12. The third-order valence-corrected chi connectivity index (χ3v) is 3.18. The molecule has 0 spiro atoms. The zero-order valence-electron chi connectivity index (χ0n) is 10.6. The lowest BCUT2D eigenvalue weighted by Gasteiger charge is -2.08. The molecule has 18 heavy (non-hydrogen) atoms. The van der Waals surface area contributed by atoms with Gasteiger partial charge in [0.15, 0.2) is 0 Å². The van der Waals surface area contributed by atoms with Crippen LogP contribution >= 0.6 is 0 Å². The monoisotopic (exact) mass is 242 g/mol. The lowest BCUT2D eigenvalue weighted by molar-refractivity contribution is 0.393. The molecule has 0 saturated carbocycles. The van der Waals surface area contributed by atoms with E-state index in [2.05, 4.69) is 16.2 Å². The number of nitrogens with zero attached hydrogens (tertiary/aromatic N) is 1. The Kier molecular flexibility index (Phi) is 2.37. The van der Waals surface area contributed by atoms with Crippen LogP contribution in [0.25, 0.3) is 22.0 Å². The predicted octanol–water partition coefficient (Wildman–Crippen LogP) is 3.45. The molecule has 3 rings (SSSR count). The number of hydrogen-bond donors (Lipinski definition) is 1. The summed E-state index contributed by atoms with van der Waals surface area (Å²) in [6.45, 7) is 3.85. The Labute approximate surface area is 105 Å². The van der Waals surface area contributed by atoms with Crippen molar-refractivity contribution in [2.75, 3.05) is 7.11 Å². The van der Waals surface area contributed by atoms with Crippen LogP contribution in [0.4, 0.5) is 0 Å². The Hall–Kier alpha value is -2.23. The Morgan fingerprint density at radius 2 is 2.11 bits per heavy atom. The molecule has 0 aliphatic heterocycles. The fourth-order valence-electron chi connectivity index (χ4n) is 2.31. The molecule has 4 heteroatoms. The van der Waals surface area contributed by atoms with Gasteiger partial charge in [-0.05, 0) is 32.0 Å². The van der Waals surface area contributed by atoms with Crippen molar-refractivity contribution in [3.8, 4) is 16.9 Å². The van der Waals surface area contributed by atoms with Gasteiger partial charge in [-0.3, -0.25) is 0 Å². The molecular weight excluding hydrogens is 228 g/mol. The molecule has 1 aromatic carbocycles. The van der Waals surface area contributed by atoms with E-state index in [0.29, 0.717) is 0 Å². The van der Waals surface area contributed by atoms with E-state index in [9.17, 15) is 0 Å². The molecule has 3 aromatic rings. The van der Waals surface area contributed by atoms with Crippen LogP contribution < -0.4 is 4.74 Å². The first-order chi connectivity index (χ1) is 8.70. The number of aryl methyl sites for hydroxylation is 2. The van der Waals surface area contributed by atoms with Gasteiger partial charge >= 0.3 is 0 Å². The summed E-state index contributed by atoms with van der Waals surface area (Å²) < 4.78 is 10.7. The zero-order chi connectivity index (χ0) is 12.7. The third-order valence-electron chi connectivity index (χ3n) is 3.18. The second-order valence-corrected chi connectivity index (χ2v) is 4.32. The minimum absolute atomic E-state index is 0.803. The van der Waals surface area contributed by atoms with Crippen LogP contribution in [0, 0.1) is 13.8 Å². The van der Waals surface area contributed by atoms with Gasteiger partial charge < -0.3 is 14.2 Å². The summed E-state index contributed by atoms with van der Waals surface area (Å²) in [5.41, 5.74) is 3.95. The lowest BCUT2D eigenvalue weighted by Crippen LogP contribution is -1.90. The van der Waals surface area contributed by atoms with Crippen LogP contribution in [0.5, 0.6) is 5.75 Å². The third kappa shape index (κ3) is 1.49. The van der Waals surface area contributed by atoms with Crippen molar-refractivity contribution in [3.05, 3.63) is 35.9 Å².